The molecule has 4 N–H and O–H groups in total. The lowest BCUT2D eigenvalue weighted by atomic mass is 9.91. The topological polar surface area (TPSA) is 204 Å². The lowest BCUT2D eigenvalue weighted by molar-refractivity contribution is -0.141. The molecule has 5 aliphatic rings. The molecule has 0 saturated carbocycles. The van der Waals surface area contributed by atoms with E-state index in [0.29, 0.717) is 42.0 Å². The van der Waals surface area contributed by atoms with E-state index in [1.807, 2.05) is 57.5 Å². The van der Waals surface area contributed by atoms with Crippen molar-refractivity contribution in [3.63, 3.8) is 0 Å². The first-order valence-electron chi connectivity index (χ1n) is 27.2. The minimum absolute atomic E-state index is 0.00714. The third-order valence-electron chi connectivity index (χ3n) is 16.9. The fourth-order valence-electron chi connectivity index (χ4n) is 13.0. The average molecular weight is 1090 g/mol. The van der Waals surface area contributed by atoms with Crippen LogP contribution in [0.15, 0.2) is 70.8 Å². The quantitative estimate of drug-likeness (QED) is 0.0715. The van der Waals surface area contributed by atoms with Crippen molar-refractivity contribution in [2.75, 3.05) is 44.3 Å². The molecule has 0 radical (unpaired) electrons. The number of fused-ring (bicyclic) bond motifs is 5. The molecule has 410 valence electrons. The highest BCUT2D eigenvalue weighted by Gasteiger charge is 2.50. The van der Waals surface area contributed by atoms with Crippen molar-refractivity contribution in [2.45, 2.75) is 120 Å². The summed E-state index contributed by atoms with van der Waals surface area (Å²) in [7, 11) is 0. The molecule has 8 atom stereocenters. The molecule has 4 aromatic heterocycles. The number of aromatic nitrogens is 5. The van der Waals surface area contributed by atoms with Crippen molar-refractivity contribution in [3.05, 3.63) is 101 Å². The van der Waals surface area contributed by atoms with Crippen LogP contribution in [0, 0.1) is 36.8 Å². The SMILES string of the molecule is C#Cc1c(F)ccc2cc(O)cc(-c3ncc4c(N5CC6CCC(C5)N6)nc(OC[C@]56CCCN5[C@H](COc5cc([C@H](C(=O)N7C[C@H](O)C[C@H]7C(=O)N[C@@H](C)c7ccc(-c8scnc8C)cc7)C(C)C)on5)CC6)nc4c3F)c12. The molecule has 0 aliphatic carbocycles. The number of β-amino-alcohol motifs (C(OH)–C–C–N with tert-alkyl or cyclic N) is 1. The van der Waals surface area contributed by atoms with E-state index in [4.69, 9.17) is 30.4 Å². The molecule has 9 heterocycles. The Morgan fingerprint density at radius 2 is 1.81 bits per heavy atom. The lowest BCUT2D eigenvalue weighted by Crippen LogP contribution is -2.51. The first-order chi connectivity index (χ1) is 38.1. The predicted octanol–water partition coefficient (Wildman–Crippen LogP) is 8.20. The molecular formula is C59H62F2N10O7S. The maximum absolute atomic E-state index is 17.3. The number of ether oxygens (including phenoxy) is 2. The molecule has 5 saturated heterocycles. The highest BCUT2D eigenvalue weighted by molar-refractivity contribution is 7.13. The summed E-state index contributed by atoms with van der Waals surface area (Å²) in [4.78, 5) is 54.1. The Hall–Kier alpha value is -7.31. The number of nitrogens with one attached hydrogen (secondary N) is 2. The van der Waals surface area contributed by atoms with Crippen LogP contribution in [0.1, 0.15) is 100 Å². The number of terminal acetylenes is 1. The van der Waals surface area contributed by atoms with Crippen molar-refractivity contribution in [1.82, 2.24) is 45.5 Å². The maximum atomic E-state index is 17.3. The van der Waals surface area contributed by atoms with Gasteiger partial charge in [-0.25, -0.2) is 13.8 Å². The third-order valence-corrected chi connectivity index (χ3v) is 17.9. The van der Waals surface area contributed by atoms with Crippen LogP contribution in [0.5, 0.6) is 17.6 Å². The Balaban J connectivity index is 0.736. The lowest BCUT2D eigenvalue weighted by Gasteiger charge is -2.35. The van der Waals surface area contributed by atoms with Gasteiger partial charge in [0.2, 0.25) is 11.8 Å². The number of halogens is 2. The number of thiazole rings is 1. The number of phenols is 1. The zero-order chi connectivity index (χ0) is 54.9. The molecule has 79 heavy (non-hydrogen) atoms. The Morgan fingerprint density at radius 3 is 2.56 bits per heavy atom. The summed E-state index contributed by atoms with van der Waals surface area (Å²) in [5, 5.41) is 33.7. The van der Waals surface area contributed by atoms with Crippen LogP contribution in [-0.2, 0) is 9.59 Å². The first kappa shape index (κ1) is 52.4. The van der Waals surface area contributed by atoms with Gasteiger partial charge in [0.25, 0.3) is 5.88 Å². The average Bonchev–Trinajstić information content (AvgIpc) is 4.45. The molecule has 5 fully saturated rings. The third kappa shape index (κ3) is 9.78. The van der Waals surface area contributed by atoms with Gasteiger partial charge < -0.3 is 44.6 Å². The van der Waals surface area contributed by atoms with Gasteiger partial charge in [0.05, 0.1) is 44.7 Å². The van der Waals surface area contributed by atoms with Gasteiger partial charge >= 0.3 is 6.01 Å². The molecule has 3 aromatic carbocycles. The number of rotatable bonds is 15. The fourth-order valence-corrected chi connectivity index (χ4v) is 13.8. The minimum Gasteiger partial charge on any atom is -0.508 e. The summed E-state index contributed by atoms with van der Waals surface area (Å²) < 4.78 is 51.2. The Labute approximate surface area is 459 Å². The number of carbonyl (C=O) groups excluding carboxylic acids is 2. The molecule has 0 spiro atoms. The van der Waals surface area contributed by atoms with Crippen LogP contribution in [0.2, 0.25) is 0 Å². The van der Waals surface area contributed by atoms with Crippen LogP contribution in [0.4, 0.5) is 14.6 Å². The van der Waals surface area contributed by atoms with Gasteiger partial charge in [0.15, 0.2) is 11.6 Å². The van der Waals surface area contributed by atoms with Gasteiger partial charge in [-0.15, -0.1) is 17.8 Å². The monoisotopic (exact) mass is 1090 g/mol. The molecule has 2 amide bonds. The number of amides is 2. The van der Waals surface area contributed by atoms with Gasteiger partial charge in [0, 0.05) is 67.4 Å². The first-order valence-corrected chi connectivity index (χ1v) is 28.1. The minimum atomic E-state index is -0.881. The summed E-state index contributed by atoms with van der Waals surface area (Å²) in [5.74, 6) is 0.121. The number of benzene rings is 3. The summed E-state index contributed by atoms with van der Waals surface area (Å²) in [5.41, 5.74) is 4.25. The van der Waals surface area contributed by atoms with E-state index in [0.717, 1.165) is 66.8 Å². The second-order valence-electron chi connectivity index (χ2n) is 22.3. The predicted molar refractivity (Wildman–Crippen MR) is 294 cm³/mol. The van der Waals surface area contributed by atoms with E-state index in [2.05, 4.69) is 41.5 Å². The van der Waals surface area contributed by atoms with E-state index in [-0.39, 0.29) is 112 Å². The summed E-state index contributed by atoms with van der Waals surface area (Å²) in [6.07, 6.45) is 12.0. The van der Waals surface area contributed by atoms with Crippen molar-refractivity contribution < 1.29 is 42.6 Å². The Bertz CT molecular complexity index is 3520. The van der Waals surface area contributed by atoms with Gasteiger partial charge in [0.1, 0.15) is 53.8 Å². The van der Waals surface area contributed by atoms with E-state index in [1.165, 1.54) is 35.4 Å². The molecular weight excluding hydrogens is 1030 g/mol. The van der Waals surface area contributed by atoms with Crippen LogP contribution in [0.25, 0.3) is 43.4 Å². The molecule has 12 rings (SSSR count). The van der Waals surface area contributed by atoms with Crippen molar-refractivity contribution >= 4 is 50.6 Å². The molecule has 5 aliphatic heterocycles. The van der Waals surface area contributed by atoms with E-state index < -0.39 is 29.7 Å². The zero-order valence-electron chi connectivity index (χ0n) is 44.4. The zero-order valence-corrected chi connectivity index (χ0v) is 45.2. The number of likely N-dealkylation sites (tertiary alicyclic amines) is 1. The Kier molecular flexibility index (Phi) is 14.0. The van der Waals surface area contributed by atoms with E-state index >= 15 is 8.78 Å². The highest BCUT2D eigenvalue weighted by atomic mass is 32.1. The number of piperazine rings is 1. The summed E-state index contributed by atoms with van der Waals surface area (Å²) >= 11 is 1.58. The number of aliphatic hydroxyl groups excluding tert-OH is 1. The van der Waals surface area contributed by atoms with Crippen LogP contribution >= 0.6 is 11.3 Å². The molecule has 7 aromatic rings. The number of anilines is 1. The molecule has 2 unspecified atom stereocenters. The number of aromatic hydroxyl groups is 1. The Morgan fingerprint density at radius 1 is 1.01 bits per heavy atom. The standard InChI is InChI=1S/C59H62F2N10O7S/c1-6-42-45(60)15-12-36-20-40(72)21-43(50(36)42)52-51(61)53-44(24-62-52)55(69-25-37-13-14-38(26-69)65-37)67-58(66-53)77-29-59-17-7-19-71(59)39(16-18-59)28-76-48-23-47(78-68-48)49(31(2)3)57(75)70-27-41(73)22-46(70)56(74)64-32(4)34-8-10-35(11-9-34)54-33(5)63-30-79-54/h1,8-12,15,20-21,23-24,30-32,37-39,41,46,49,65,72-73H,7,13-14,16-19,22,25-29H2,2-5H3,(H,64,74)/t32-,37?,38?,39-,41+,46-,49+,59+/m0/s1. The fraction of sp³-hybridized carbons (Fsp3) is 0.441. The van der Waals surface area contributed by atoms with Crippen molar-refractivity contribution in [3.8, 4) is 51.7 Å². The smallest absolute Gasteiger partial charge is 0.319 e. The largest absolute Gasteiger partial charge is 0.508 e. The number of pyridine rings is 1. The van der Waals surface area contributed by atoms with Gasteiger partial charge in [-0.2, -0.15) is 9.97 Å². The number of hydrogen-bond donors (Lipinski definition) is 4. The van der Waals surface area contributed by atoms with Crippen molar-refractivity contribution in [1.29, 1.82) is 0 Å². The number of phenolic OH excluding ortho intramolecular Hbond substituents is 1. The number of aliphatic hydroxyl groups is 1. The number of aryl methyl sites for hydroxylation is 1. The second kappa shape index (κ2) is 21.1. The summed E-state index contributed by atoms with van der Waals surface area (Å²) in [6, 6.07) is 14.4. The normalized spacial score (nSPS) is 23.6. The van der Waals surface area contributed by atoms with Crippen LogP contribution in [0.3, 0.4) is 0 Å². The number of carbonyl (C=O) groups is 2. The van der Waals surface area contributed by atoms with E-state index in [9.17, 15) is 19.8 Å². The van der Waals surface area contributed by atoms with E-state index in [1.54, 1.807) is 17.4 Å². The number of nitrogens with zero attached hydrogens (tertiary/aromatic N) is 8. The second-order valence-corrected chi connectivity index (χ2v) is 23.2. The van der Waals surface area contributed by atoms with Gasteiger partial charge in [-0.05, 0) is 105 Å². The van der Waals surface area contributed by atoms with Gasteiger partial charge in [-0.3, -0.25) is 19.5 Å². The van der Waals surface area contributed by atoms with Crippen LogP contribution < -0.4 is 25.0 Å². The van der Waals surface area contributed by atoms with Crippen LogP contribution in [-0.4, -0.2) is 132 Å². The molecule has 2 bridgehead atoms. The summed E-state index contributed by atoms with van der Waals surface area (Å²) in [6.45, 7) is 10.3. The van der Waals surface area contributed by atoms with Crippen molar-refractivity contribution in [2.24, 2.45) is 5.92 Å². The molecule has 17 nitrogen and oxygen atoms in total. The van der Waals surface area contributed by atoms with Gasteiger partial charge in [-0.1, -0.05) is 50.1 Å². The maximum Gasteiger partial charge on any atom is 0.319 e. The number of hydrogen-bond acceptors (Lipinski definition) is 16. The molecule has 20 heteroatoms. The highest BCUT2D eigenvalue weighted by Crippen LogP contribution is 2.44.